The van der Waals surface area contributed by atoms with Gasteiger partial charge in [0.25, 0.3) is 0 Å². The standard InChI is InChI=1S/C12H16N2O2/c15-12(16)10-5-6-13-7-8-14-11-4-2-1-3-9(10)11/h1-4,10,13-14H,5-8H2,(H,15,16). The second kappa shape index (κ2) is 4.99. The summed E-state index contributed by atoms with van der Waals surface area (Å²) in [5.74, 6) is -1.17. The van der Waals surface area contributed by atoms with E-state index >= 15 is 0 Å². The van der Waals surface area contributed by atoms with Crippen LogP contribution in [0.3, 0.4) is 0 Å². The maximum Gasteiger partial charge on any atom is 0.311 e. The lowest BCUT2D eigenvalue weighted by molar-refractivity contribution is -0.138. The Hall–Kier alpha value is -1.55. The first-order valence-electron chi connectivity index (χ1n) is 5.55. The fourth-order valence-electron chi connectivity index (χ4n) is 2.03. The first kappa shape index (κ1) is 11.0. The molecule has 0 aromatic heterocycles. The van der Waals surface area contributed by atoms with Crippen LogP contribution in [0.25, 0.3) is 0 Å². The lowest BCUT2D eigenvalue weighted by Crippen LogP contribution is -2.23. The highest BCUT2D eigenvalue weighted by Crippen LogP contribution is 2.27. The molecule has 0 radical (unpaired) electrons. The van der Waals surface area contributed by atoms with Crippen molar-refractivity contribution in [1.82, 2.24) is 5.32 Å². The summed E-state index contributed by atoms with van der Waals surface area (Å²) in [7, 11) is 0. The minimum Gasteiger partial charge on any atom is -0.481 e. The highest BCUT2D eigenvalue weighted by Gasteiger charge is 2.22. The zero-order chi connectivity index (χ0) is 11.4. The highest BCUT2D eigenvalue weighted by molar-refractivity contribution is 5.79. The number of fused-ring (bicyclic) bond motifs is 1. The van der Waals surface area contributed by atoms with Gasteiger partial charge in [0.05, 0.1) is 5.92 Å². The molecule has 4 nitrogen and oxygen atoms in total. The monoisotopic (exact) mass is 220 g/mol. The average molecular weight is 220 g/mol. The number of nitrogens with one attached hydrogen (secondary N) is 2. The van der Waals surface area contributed by atoms with Crippen LogP contribution in [0, 0.1) is 0 Å². The van der Waals surface area contributed by atoms with E-state index in [4.69, 9.17) is 0 Å². The van der Waals surface area contributed by atoms with Crippen LogP contribution in [-0.4, -0.2) is 30.7 Å². The van der Waals surface area contributed by atoms with Gasteiger partial charge < -0.3 is 15.7 Å². The third-order valence-corrected chi connectivity index (χ3v) is 2.86. The van der Waals surface area contributed by atoms with E-state index < -0.39 is 11.9 Å². The molecule has 1 atom stereocenters. The normalized spacial score (nSPS) is 20.9. The number of carbonyl (C=O) groups is 1. The third-order valence-electron chi connectivity index (χ3n) is 2.86. The fourth-order valence-corrected chi connectivity index (χ4v) is 2.03. The molecule has 0 bridgehead atoms. The Morgan fingerprint density at radius 3 is 2.88 bits per heavy atom. The van der Waals surface area contributed by atoms with Crippen molar-refractivity contribution in [3.63, 3.8) is 0 Å². The lowest BCUT2D eigenvalue weighted by atomic mass is 9.94. The number of benzene rings is 1. The molecule has 1 aromatic rings. The molecule has 0 spiro atoms. The van der Waals surface area contributed by atoms with Crippen LogP contribution in [0.2, 0.25) is 0 Å². The summed E-state index contributed by atoms with van der Waals surface area (Å²) in [6, 6.07) is 7.65. The number of carboxylic acids is 1. The number of hydrogen-bond donors (Lipinski definition) is 3. The summed E-state index contributed by atoms with van der Waals surface area (Å²) < 4.78 is 0. The first-order chi connectivity index (χ1) is 7.79. The first-order valence-corrected chi connectivity index (χ1v) is 5.55. The molecule has 3 N–H and O–H groups in total. The molecule has 2 rings (SSSR count). The molecule has 1 aliphatic heterocycles. The topological polar surface area (TPSA) is 61.4 Å². The summed E-state index contributed by atoms with van der Waals surface area (Å²) in [5.41, 5.74) is 1.83. The summed E-state index contributed by atoms with van der Waals surface area (Å²) in [6.07, 6.45) is 0.633. The van der Waals surface area contributed by atoms with Gasteiger partial charge in [-0.1, -0.05) is 18.2 Å². The minimum atomic E-state index is -0.752. The predicted molar refractivity (Wildman–Crippen MR) is 62.8 cm³/mol. The minimum absolute atomic E-state index is 0.422. The van der Waals surface area contributed by atoms with E-state index in [0.717, 1.165) is 30.9 Å². The lowest BCUT2D eigenvalue weighted by Gasteiger charge is -2.15. The molecule has 0 saturated carbocycles. The molecule has 1 aromatic carbocycles. The van der Waals surface area contributed by atoms with Crippen molar-refractivity contribution in [3.05, 3.63) is 29.8 Å². The number of rotatable bonds is 1. The van der Waals surface area contributed by atoms with Gasteiger partial charge in [-0.2, -0.15) is 0 Å². The van der Waals surface area contributed by atoms with Crippen LogP contribution in [0.4, 0.5) is 5.69 Å². The van der Waals surface area contributed by atoms with Gasteiger partial charge in [0.15, 0.2) is 0 Å². The maximum atomic E-state index is 11.2. The molecule has 0 amide bonds. The largest absolute Gasteiger partial charge is 0.481 e. The number of anilines is 1. The van der Waals surface area contributed by atoms with Crippen LogP contribution < -0.4 is 10.6 Å². The summed E-state index contributed by atoms with van der Waals surface area (Å²) in [5, 5.41) is 15.7. The molecule has 0 saturated heterocycles. The summed E-state index contributed by atoms with van der Waals surface area (Å²) >= 11 is 0. The predicted octanol–water partition coefficient (Wildman–Crippen LogP) is 1.26. The van der Waals surface area contributed by atoms with Crippen molar-refractivity contribution in [2.45, 2.75) is 12.3 Å². The SMILES string of the molecule is O=C(O)C1CCNCCNc2ccccc21. The van der Waals surface area contributed by atoms with Gasteiger partial charge in [0.2, 0.25) is 0 Å². The van der Waals surface area contributed by atoms with Crippen LogP contribution in [0.1, 0.15) is 17.9 Å². The smallest absolute Gasteiger partial charge is 0.311 e. The number of carboxylic acid groups (broad SMARTS) is 1. The van der Waals surface area contributed by atoms with Gasteiger partial charge in [-0.25, -0.2) is 0 Å². The van der Waals surface area contributed by atoms with Crippen molar-refractivity contribution in [1.29, 1.82) is 0 Å². The van der Waals surface area contributed by atoms with Crippen LogP contribution in [0.15, 0.2) is 24.3 Å². The molecule has 4 heteroatoms. The van der Waals surface area contributed by atoms with Gasteiger partial charge in [-0.15, -0.1) is 0 Å². The quantitative estimate of drug-likeness (QED) is 0.667. The van der Waals surface area contributed by atoms with Gasteiger partial charge >= 0.3 is 5.97 Å². The molecule has 1 heterocycles. The van der Waals surface area contributed by atoms with E-state index in [-0.39, 0.29) is 0 Å². The van der Waals surface area contributed by atoms with Gasteiger partial charge in [0, 0.05) is 18.8 Å². The van der Waals surface area contributed by atoms with E-state index in [2.05, 4.69) is 10.6 Å². The van der Waals surface area contributed by atoms with Gasteiger partial charge in [0.1, 0.15) is 0 Å². The van der Waals surface area contributed by atoms with Crippen LogP contribution in [-0.2, 0) is 4.79 Å². The van der Waals surface area contributed by atoms with E-state index in [0.29, 0.717) is 6.42 Å². The molecule has 0 aliphatic carbocycles. The van der Waals surface area contributed by atoms with Crippen LogP contribution in [0.5, 0.6) is 0 Å². The van der Waals surface area contributed by atoms with E-state index in [1.54, 1.807) is 0 Å². The Morgan fingerprint density at radius 1 is 1.25 bits per heavy atom. The molecule has 86 valence electrons. The Balaban J connectivity index is 2.35. The van der Waals surface area contributed by atoms with Crippen molar-refractivity contribution < 1.29 is 9.90 Å². The molecule has 1 unspecified atom stereocenters. The third kappa shape index (κ3) is 2.33. The van der Waals surface area contributed by atoms with Gasteiger partial charge in [-0.3, -0.25) is 4.79 Å². The average Bonchev–Trinajstić information content (AvgIpc) is 2.38. The molecular weight excluding hydrogens is 204 g/mol. The highest BCUT2D eigenvalue weighted by atomic mass is 16.4. The maximum absolute atomic E-state index is 11.2. The molecule has 0 fully saturated rings. The fraction of sp³-hybridized carbons (Fsp3) is 0.417. The Morgan fingerprint density at radius 2 is 2.06 bits per heavy atom. The van der Waals surface area contributed by atoms with Crippen molar-refractivity contribution >= 4 is 11.7 Å². The van der Waals surface area contributed by atoms with E-state index in [9.17, 15) is 9.90 Å². The zero-order valence-electron chi connectivity index (χ0n) is 9.07. The second-order valence-electron chi connectivity index (χ2n) is 3.94. The summed E-state index contributed by atoms with van der Waals surface area (Å²) in [6.45, 7) is 2.43. The van der Waals surface area contributed by atoms with Crippen molar-refractivity contribution in [2.75, 3.05) is 25.0 Å². The zero-order valence-corrected chi connectivity index (χ0v) is 9.07. The Bertz CT molecular complexity index is 379. The number of para-hydroxylation sites is 1. The number of hydrogen-bond acceptors (Lipinski definition) is 3. The molecular formula is C12H16N2O2. The Kier molecular flexibility index (Phi) is 3.41. The van der Waals surface area contributed by atoms with Crippen molar-refractivity contribution in [3.8, 4) is 0 Å². The number of aliphatic carboxylic acids is 1. The van der Waals surface area contributed by atoms with E-state index in [1.165, 1.54) is 0 Å². The Labute approximate surface area is 94.7 Å². The van der Waals surface area contributed by atoms with Crippen molar-refractivity contribution in [2.24, 2.45) is 0 Å². The summed E-state index contributed by atoms with van der Waals surface area (Å²) in [4.78, 5) is 11.2. The van der Waals surface area contributed by atoms with E-state index in [1.807, 2.05) is 24.3 Å². The molecule has 16 heavy (non-hydrogen) atoms. The van der Waals surface area contributed by atoms with Crippen LogP contribution >= 0.6 is 0 Å². The second-order valence-corrected chi connectivity index (χ2v) is 3.94. The molecule has 1 aliphatic rings. The van der Waals surface area contributed by atoms with Gasteiger partial charge in [-0.05, 0) is 24.6 Å².